The molecule has 0 radical (unpaired) electrons. The summed E-state index contributed by atoms with van der Waals surface area (Å²) in [6, 6.07) is 18.1. The van der Waals surface area contributed by atoms with Crippen LogP contribution in [-0.2, 0) is 4.79 Å². The van der Waals surface area contributed by atoms with Crippen molar-refractivity contribution < 1.29 is 19.4 Å². The quantitative estimate of drug-likeness (QED) is 0.216. The minimum absolute atomic E-state index is 0.109. The van der Waals surface area contributed by atoms with E-state index in [9.17, 15) is 14.7 Å². The average Bonchev–Trinajstić information content (AvgIpc) is 3.48. The molecule has 0 aliphatic carbocycles. The highest BCUT2D eigenvalue weighted by Gasteiger charge is 2.42. The Kier molecular flexibility index (Phi) is 8.00. The number of carboxylic acid groups (broad SMARTS) is 1. The Labute approximate surface area is 250 Å². The zero-order valence-corrected chi connectivity index (χ0v) is 25.0. The molecule has 0 saturated carbocycles. The summed E-state index contributed by atoms with van der Waals surface area (Å²) < 4.78 is 7.75. The van der Waals surface area contributed by atoms with Crippen LogP contribution >= 0.6 is 12.2 Å². The Morgan fingerprint density at radius 1 is 1.10 bits per heavy atom. The van der Waals surface area contributed by atoms with E-state index in [1.165, 1.54) is 0 Å². The molecule has 0 bridgehead atoms. The van der Waals surface area contributed by atoms with Crippen molar-refractivity contribution in [2.24, 2.45) is 0 Å². The normalized spacial score (nSPS) is 16.3. The number of carbonyl (C=O) groups is 2. The van der Waals surface area contributed by atoms with Crippen LogP contribution in [0.2, 0.25) is 0 Å². The monoisotopic (exact) mass is 583 g/mol. The number of nitrogens with one attached hydrogen (secondary N) is 2. The molecule has 2 atom stereocenters. The number of hydrogen-bond acceptors (Lipinski definition) is 5. The highest BCUT2D eigenvalue weighted by Crippen LogP contribution is 2.45. The van der Waals surface area contributed by atoms with Crippen molar-refractivity contribution in [2.45, 2.75) is 46.2 Å². The second-order valence-corrected chi connectivity index (χ2v) is 10.6. The minimum Gasteiger partial charge on any atom is -0.494 e. The first-order chi connectivity index (χ1) is 20.1. The number of aryl methyl sites for hydroxylation is 2. The molecule has 3 heterocycles. The minimum atomic E-state index is -0.974. The SMILES string of the molecule is CCC(=O)Nc1ccc(N2C(=S)N[C@@H](c3ccccn3)[C@H]2c2cc(C)n(-c3cc(C(=O)O)ccc3C)c2C)cc1OC. The van der Waals surface area contributed by atoms with Crippen LogP contribution in [0.5, 0.6) is 5.75 Å². The molecule has 0 spiro atoms. The van der Waals surface area contributed by atoms with E-state index in [1.807, 2.05) is 63.2 Å². The van der Waals surface area contributed by atoms with Gasteiger partial charge in [-0.3, -0.25) is 9.78 Å². The molecule has 3 N–H and O–H groups in total. The first-order valence-electron chi connectivity index (χ1n) is 13.7. The summed E-state index contributed by atoms with van der Waals surface area (Å²) in [5.74, 6) is -0.566. The summed E-state index contributed by atoms with van der Waals surface area (Å²) in [7, 11) is 1.57. The second kappa shape index (κ2) is 11.7. The van der Waals surface area contributed by atoms with Gasteiger partial charge in [-0.2, -0.15) is 0 Å². The highest BCUT2D eigenvalue weighted by molar-refractivity contribution is 7.80. The lowest BCUT2D eigenvalue weighted by Gasteiger charge is -2.29. The van der Waals surface area contributed by atoms with Gasteiger partial charge in [0.15, 0.2) is 5.11 Å². The van der Waals surface area contributed by atoms with Crippen LogP contribution in [-0.4, -0.2) is 38.8 Å². The Bertz CT molecular complexity index is 1680. The Hall–Kier alpha value is -4.70. The molecule has 216 valence electrons. The molecule has 2 aromatic carbocycles. The number of aromatic nitrogens is 2. The lowest BCUT2D eigenvalue weighted by atomic mass is 9.96. The van der Waals surface area contributed by atoms with Gasteiger partial charge >= 0.3 is 5.97 Å². The van der Waals surface area contributed by atoms with Gasteiger partial charge in [-0.25, -0.2) is 4.79 Å². The number of carbonyl (C=O) groups excluding carboxylic acids is 1. The Morgan fingerprint density at radius 2 is 1.88 bits per heavy atom. The number of hydrogen-bond donors (Lipinski definition) is 3. The van der Waals surface area contributed by atoms with Crippen LogP contribution in [0.15, 0.2) is 66.9 Å². The number of benzene rings is 2. The first-order valence-corrected chi connectivity index (χ1v) is 14.1. The van der Waals surface area contributed by atoms with Gasteiger partial charge in [0.2, 0.25) is 5.91 Å². The Balaban J connectivity index is 1.67. The fraction of sp³-hybridized carbons (Fsp3) is 0.250. The summed E-state index contributed by atoms with van der Waals surface area (Å²) >= 11 is 5.93. The molecule has 4 aromatic rings. The third-order valence-corrected chi connectivity index (χ3v) is 7.96. The third kappa shape index (κ3) is 5.21. The van der Waals surface area contributed by atoms with Crippen LogP contribution in [0, 0.1) is 20.8 Å². The van der Waals surface area contributed by atoms with Crippen molar-refractivity contribution >= 4 is 40.6 Å². The van der Waals surface area contributed by atoms with Crippen molar-refractivity contribution in [1.82, 2.24) is 14.9 Å². The predicted molar refractivity (Wildman–Crippen MR) is 167 cm³/mol. The van der Waals surface area contributed by atoms with Crippen LogP contribution < -0.4 is 20.3 Å². The fourth-order valence-electron chi connectivity index (χ4n) is 5.56. The van der Waals surface area contributed by atoms with Gasteiger partial charge < -0.3 is 29.9 Å². The van der Waals surface area contributed by atoms with Crippen molar-refractivity contribution in [3.63, 3.8) is 0 Å². The molecule has 0 unspecified atom stereocenters. The number of rotatable bonds is 8. The highest BCUT2D eigenvalue weighted by atomic mass is 32.1. The molecule has 2 aromatic heterocycles. The summed E-state index contributed by atoms with van der Waals surface area (Å²) in [5.41, 5.74) is 7.12. The maximum Gasteiger partial charge on any atom is 0.335 e. The molecule has 1 fully saturated rings. The third-order valence-electron chi connectivity index (χ3n) is 7.64. The smallest absolute Gasteiger partial charge is 0.335 e. The lowest BCUT2D eigenvalue weighted by molar-refractivity contribution is -0.115. The first kappa shape index (κ1) is 28.8. The number of thiocarbonyl (C=S) groups is 1. The van der Waals surface area contributed by atoms with Crippen molar-refractivity contribution in [3.05, 3.63) is 101 Å². The van der Waals surface area contributed by atoms with Crippen LogP contribution in [0.3, 0.4) is 0 Å². The summed E-state index contributed by atoms with van der Waals surface area (Å²) in [6.07, 6.45) is 2.11. The molecule has 10 heteroatoms. The van der Waals surface area contributed by atoms with Gasteiger partial charge in [0.1, 0.15) is 5.75 Å². The van der Waals surface area contributed by atoms with Crippen molar-refractivity contribution in [2.75, 3.05) is 17.3 Å². The van der Waals surface area contributed by atoms with E-state index in [4.69, 9.17) is 17.0 Å². The molecular formula is C32H33N5O4S. The lowest BCUT2D eigenvalue weighted by Crippen LogP contribution is -2.29. The molecular weight excluding hydrogens is 550 g/mol. The van der Waals surface area contributed by atoms with Gasteiger partial charge in [-0.15, -0.1) is 0 Å². The van der Waals surface area contributed by atoms with Gasteiger partial charge in [0.25, 0.3) is 0 Å². The molecule has 1 aliphatic rings. The average molecular weight is 584 g/mol. The van der Waals surface area contributed by atoms with Crippen LogP contribution in [0.4, 0.5) is 11.4 Å². The zero-order chi connectivity index (χ0) is 30.1. The second-order valence-electron chi connectivity index (χ2n) is 10.3. The van der Waals surface area contributed by atoms with E-state index in [2.05, 4.69) is 31.2 Å². The van der Waals surface area contributed by atoms with Crippen molar-refractivity contribution in [3.8, 4) is 11.4 Å². The van der Waals surface area contributed by atoms with Crippen LogP contribution in [0.25, 0.3) is 5.69 Å². The number of amides is 1. The standard InChI is InChI=1S/C32H33N5O4S/c1-6-28(38)34-24-13-12-22(17-27(24)41-5)37-30(29(35-32(37)42)25-9-7-8-14-33-25)23-15-19(3)36(20(23)4)26-16-21(31(39)40)11-10-18(26)2/h7-17,29-30H,6H2,1-5H3,(H,34,38)(H,35,42)(H,39,40)/t29-,30+/m0/s1. The van der Waals surface area contributed by atoms with E-state index in [0.29, 0.717) is 23.0 Å². The van der Waals surface area contributed by atoms with Crippen molar-refractivity contribution in [1.29, 1.82) is 0 Å². The van der Waals surface area contributed by atoms with E-state index < -0.39 is 5.97 Å². The van der Waals surface area contributed by atoms with E-state index in [1.54, 1.807) is 32.4 Å². The number of nitrogens with zero attached hydrogens (tertiary/aromatic N) is 3. The number of ether oxygens (including phenoxy) is 1. The molecule has 1 amide bonds. The summed E-state index contributed by atoms with van der Waals surface area (Å²) in [6.45, 7) is 7.81. The molecule has 42 heavy (non-hydrogen) atoms. The maximum absolute atomic E-state index is 12.1. The van der Waals surface area contributed by atoms with Gasteiger partial charge in [-0.1, -0.05) is 19.1 Å². The maximum atomic E-state index is 12.1. The number of pyridine rings is 1. The van der Waals surface area contributed by atoms with Gasteiger partial charge in [0.05, 0.1) is 36.1 Å². The summed E-state index contributed by atoms with van der Waals surface area (Å²) in [4.78, 5) is 30.6. The number of anilines is 2. The molecule has 1 aliphatic heterocycles. The molecule has 9 nitrogen and oxygen atoms in total. The summed E-state index contributed by atoms with van der Waals surface area (Å²) in [5, 5.41) is 16.6. The largest absolute Gasteiger partial charge is 0.494 e. The topological polar surface area (TPSA) is 109 Å². The number of methoxy groups -OCH3 is 1. The molecule has 1 saturated heterocycles. The fourth-order valence-corrected chi connectivity index (χ4v) is 5.91. The predicted octanol–water partition coefficient (Wildman–Crippen LogP) is 6.03. The van der Waals surface area contributed by atoms with Gasteiger partial charge in [0, 0.05) is 41.4 Å². The van der Waals surface area contributed by atoms with Gasteiger partial charge in [-0.05, 0) is 86.6 Å². The Morgan fingerprint density at radius 3 is 2.55 bits per heavy atom. The number of aromatic carboxylic acids is 1. The number of carboxylic acids is 1. The van der Waals surface area contributed by atoms with E-state index in [-0.39, 0.29) is 23.6 Å². The molecule has 5 rings (SSSR count). The zero-order valence-electron chi connectivity index (χ0n) is 24.1. The van der Waals surface area contributed by atoms with Crippen LogP contribution in [0.1, 0.15) is 64.0 Å². The van der Waals surface area contributed by atoms with E-state index >= 15 is 0 Å². The van der Waals surface area contributed by atoms with E-state index in [0.717, 1.165) is 39.6 Å².